The number of pyridine rings is 1. The first-order chi connectivity index (χ1) is 15.0. The largest absolute Gasteiger partial charge is 0.487 e. The summed E-state index contributed by atoms with van der Waals surface area (Å²) < 4.78 is 7.73. The topological polar surface area (TPSA) is 96.2 Å². The molecule has 9 nitrogen and oxygen atoms in total. The smallest absolute Gasteiger partial charge is 0.312 e. The molecule has 1 fully saturated rings. The van der Waals surface area contributed by atoms with E-state index in [-0.39, 0.29) is 19.1 Å². The number of imidazole rings is 1. The van der Waals surface area contributed by atoms with Crippen LogP contribution in [-0.4, -0.2) is 63.1 Å². The predicted octanol–water partition coefficient (Wildman–Crippen LogP) is 1.54. The summed E-state index contributed by atoms with van der Waals surface area (Å²) in [7, 11) is 0. The van der Waals surface area contributed by atoms with E-state index >= 15 is 0 Å². The van der Waals surface area contributed by atoms with E-state index in [9.17, 15) is 14.4 Å². The van der Waals surface area contributed by atoms with Gasteiger partial charge in [-0.2, -0.15) is 0 Å². The van der Waals surface area contributed by atoms with Crippen LogP contribution in [0.3, 0.4) is 0 Å². The molecule has 4 rings (SSSR count). The molecule has 1 aliphatic rings. The molecule has 0 unspecified atom stereocenters. The maximum absolute atomic E-state index is 12.4. The molecule has 160 valence electrons. The van der Waals surface area contributed by atoms with Crippen molar-refractivity contribution in [3.63, 3.8) is 0 Å². The second-order valence-corrected chi connectivity index (χ2v) is 7.17. The molecule has 1 aromatic carbocycles. The normalized spacial score (nSPS) is 14.2. The third kappa shape index (κ3) is 4.66. The molecule has 0 bridgehead atoms. The third-order valence-corrected chi connectivity index (χ3v) is 5.03. The van der Waals surface area contributed by atoms with Gasteiger partial charge in [0.1, 0.15) is 24.5 Å². The van der Waals surface area contributed by atoms with E-state index < -0.39 is 11.8 Å². The molecular weight excluding hydrogens is 398 g/mol. The molecule has 1 aliphatic heterocycles. The number of hydrogen-bond donors (Lipinski definition) is 1. The maximum atomic E-state index is 12.4. The Balaban J connectivity index is 1.33. The molecule has 9 heteroatoms. The van der Waals surface area contributed by atoms with Crippen LogP contribution in [0, 0.1) is 0 Å². The summed E-state index contributed by atoms with van der Waals surface area (Å²) >= 11 is 0. The highest BCUT2D eigenvalue weighted by Crippen LogP contribution is 2.19. The molecule has 0 atom stereocenters. The van der Waals surface area contributed by atoms with Crippen molar-refractivity contribution in [1.82, 2.24) is 19.2 Å². The number of ether oxygens (including phenoxy) is 1. The number of aromatic nitrogens is 2. The van der Waals surface area contributed by atoms with Crippen molar-refractivity contribution in [2.45, 2.75) is 13.5 Å². The lowest BCUT2D eigenvalue weighted by atomic mass is 10.2. The predicted molar refractivity (Wildman–Crippen MR) is 113 cm³/mol. The summed E-state index contributed by atoms with van der Waals surface area (Å²) in [6.45, 7) is 3.19. The second-order valence-electron chi connectivity index (χ2n) is 7.17. The van der Waals surface area contributed by atoms with Crippen LogP contribution in [0.1, 0.15) is 12.6 Å². The summed E-state index contributed by atoms with van der Waals surface area (Å²) in [4.78, 5) is 43.7. The van der Waals surface area contributed by atoms with Crippen molar-refractivity contribution in [2.24, 2.45) is 0 Å². The van der Waals surface area contributed by atoms with Crippen molar-refractivity contribution in [3.05, 3.63) is 60.6 Å². The number of benzene rings is 1. The van der Waals surface area contributed by atoms with Crippen LogP contribution < -0.4 is 10.1 Å². The fourth-order valence-electron chi connectivity index (χ4n) is 3.42. The van der Waals surface area contributed by atoms with E-state index in [4.69, 9.17) is 4.74 Å². The average Bonchev–Trinajstić information content (AvgIpc) is 3.19. The third-order valence-electron chi connectivity index (χ3n) is 5.03. The molecule has 1 N–H and O–H groups in total. The number of anilines is 1. The molecule has 1 saturated heterocycles. The van der Waals surface area contributed by atoms with E-state index in [1.54, 1.807) is 24.3 Å². The molecule has 31 heavy (non-hydrogen) atoms. The van der Waals surface area contributed by atoms with Gasteiger partial charge in [-0.1, -0.05) is 12.1 Å². The molecule has 0 radical (unpaired) electrons. The second kappa shape index (κ2) is 8.86. The van der Waals surface area contributed by atoms with Crippen molar-refractivity contribution >= 4 is 29.1 Å². The standard InChI is InChI=1S/C22H23N5O4/c1-2-25-10-11-27(22(30)21(25)29)14-20(28)24-16-6-5-7-18(12-16)31-15-17-13-26-9-4-3-8-19(26)23-17/h3-9,12-13H,2,10-11,14-15H2,1H3,(H,24,28). The number of piperazine rings is 1. The summed E-state index contributed by atoms with van der Waals surface area (Å²) in [5, 5.41) is 2.75. The highest BCUT2D eigenvalue weighted by atomic mass is 16.5. The van der Waals surface area contributed by atoms with Crippen molar-refractivity contribution in [1.29, 1.82) is 0 Å². The lowest BCUT2D eigenvalue weighted by molar-refractivity contribution is -0.156. The molecule has 0 saturated carbocycles. The van der Waals surface area contributed by atoms with Gasteiger partial charge in [0, 0.05) is 43.8 Å². The van der Waals surface area contributed by atoms with E-state index in [1.807, 2.05) is 41.9 Å². The van der Waals surface area contributed by atoms with Crippen LogP contribution in [0.4, 0.5) is 5.69 Å². The van der Waals surface area contributed by atoms with Crippen LogP contribution >= 0.6 is 0 Å². The van der Waals surface area contributed by atoms with Gasteiger partial charge in [-0.05, 0) is 31.2 Å². The minimum absolute atomic E-state index is 0.172. The van der Waals surface area contributed by atoms with Gasteiger partial charge < -0.3 is 24.3 Å². The molecule has 0 aliphatic carbocycles. The van der Waals surface area contributed by atoms with Crippen molar-refractivity contribution in [2.75, 3.05) is 31.5 Å². The molecule has 2 aromatic heterocycles. The van der Waals surface area contributed by atoms with Gasteiger partial charge in [-0.25, -0.2) is 4.98 Å². The fraction of sp³-hybridized carbons (Fsp3) is 0.273. The van der Waals surface area contributed by atoms with E-state index in [0.717, 1.165) is 11.3 Å². The average molecular weight is 421 g/mol. The molecule has 3 aromatic rings. The number of nitrogens with zero attached hydrogens (tertiary/aromatic N) is 4. The minimum Gasteiger partial charge on any atom is -0.487 e. The van der Waals surface area contributed by atoms with Crippen LogP contribution in [-0.2, 0) is 21.0 Å². The first kappa shape index (κ1) is 20.4. The number of hydrogen-bond acceptors (Lipinski definition) is 5. The van der Waals surface area contributed by atoms with E-state index in [1.165, 1.54) is 9.80 Å². The van der Waals surface area contributed by atoms with Crippen LogP contribution in [0.5, 0.6) is 5.75 Å². The van der Waals surface area contributed by atoms with Gasteiger partial charge in [0.25, 0.3) is 0 Å². The van der Waals surface area contributed by atoms with Gasteiger partial charge in [-0.3, -0.25) is 14.4 Å². The zero-order valence-corrected chi connectivity index (χ0v) is 17.2. The molecular formula is C22H23N5O4. The summed E-state index contributed by atoms with van der Waals surface area (Å²) in [6.07, 6.45) is 3.82. The Hall–Kier alpha value is -3.88. The number of carbonyl (C=O) groups excluding carboxylic acids is 3. The number of nitrogens with one attached hydrogen (secondary N) is 1. The first-order valence-corrected chi connectivity index (χ1v) is 10.1. The zero-order valence-electron chi connectivity index (χ0n) is 17.2. The summed E-state index contributed by atoms with van der Waals surface area (Å²) in [6, 6.07) is 12.8. The van der Waals surface area contributed by atoms with Gasteiger partial charge in [0.2, 0.25) is 5.91 Å². The Bertz CT molecular complexity index is 1090. The molecule has 3 amide bonds. The number of rotatable bonds is 7. The number of likely N-dealkylation sites (N-methyl/N-ethyl adjacent to an activating group) is 1. The quantitative estimate of drug-likeness (QED) is 0.584. The molecule has 3 heterocycles. The lowest BCUT2D eigenvalue weighted by Gasteiger charge is -2.32. The maximum Gasteiger partial charge on any atom is 0.312 e. The van der Waals surface area contributed by atoms with E-state index in [2.05, 4.69) is 10.3 Å². The first-order valence-electron chi connectivity index (χ1n) is 10.1. The monoisotopic (exact) mass is 421 g/mol. The van der Waals surface area contributed by atoms with Gasteiger partial charge in [0.15, 0.2) is 0 Å². The van der Waals surface area contributed by atoms with Gasteiger partial charge in [-0.15, -0.1) is 0 Å². The van der Waals surface area contributed by atoms with Crippen molar-refractivity contribution < 1.29 is 19.1 Å². The SMILES string of the molecule is CCN1CCN(CC(=O)Nc2cccc(OCc3cn4ccccc4n3)c2)C(=O)C1=O. The van der Waals surface area contributed by atoms with Crippen LogP contribution in [0.2, 0.25) is 0 Å². The van der Waals surface area contributed by atoms with Crippen molar-refractivity contribution in [3.8, 4) is 5.75 Å². The van der Waals surface area contributed by atoms with Gasteiger partial charge in [0.05, 0.1) is 5.69 Å². The summed E-state index contributed by atoms with van der Waals surface area (Å²) in [5.41, 5.74) is 2.17. The highest BCUT2D eigenvalue weighted by Gasteiger charge is 2.32. The Morgan fingerprint density at radius 2 is 1.90 bits per heavy atom. The van der Waals surface area contributed by atoms with E-state index in [0.29, 0.717) is 31.1 Å². The zero-order chi connectivity index (χ0) is 21.8. The Morgan fingerprint density at radius 3 is 2.71 bits per heavy atom. The van der Waals surface area contributed by atoms with Crippen LogP contribution in [0.15, 0.2) is 54.9 Å². The van der Waals surface area contributed by atoms with Crippen LogP contribution in [0.25, 0.3) is 5.65 Å². The Morgan fingerprint density at radius 1 is 1.10 bits per heavy atom. The number of amides is 3. The highest BCUT2D eigenvalue weighted by molar-refractivity contribution is 6.35. The number of fused-ring (bicyclic) bond motifs is 1. The summed E-state index contributed by atoms with van der Waals surface area (Å²) in [5.74, 6) is -1.00. The fourth-order valence-corrected chi connectivity index (χ4v) is 3.42. The molecule has 0 spiro atoms. The Labute approximate surface area is 179 Å². The van der Waals surface area contributed by atoms with Gasteiger partial charge >= 0.3 is 11.8 Å². The minimum atomic E-state index is -0.646. The lowest BCUT2D eigenvalue weighted by Crippen LogP contribution is -2.55. The Kier molecular flexibility index (Phi) is 5.83. The number of carbonyl (C=O) groups is 3.